The largest absolute Gasteiger partial charge is 0.508 e. The van der Waals surface area contributed by atoms with E-state index in [-0.39, 0.29) is 17.2 Å². The van der Waals surface area contributed by atoms with E-state index in [1.807, 2.05) is 0 Å². The molecule has 0 fully saturated rings. The second-order valence-corrected chi connectivity index (χ2v) is 3.82. The third kappa shape index (κ3) is 2.60. The summed E-state index contributed by atoms with van der Waals surface area (Å²) >= 11 is 0. The van der Waals surface area contributed by atoms with Crippen LogP contribution in [-0.4, -0.2) is 16.2 Å². The van der Waals surface area contributed by atoms with Crippen molar-refractivity contribution in [3.05, 3.63) is 42.5 Å². The van der Waals surface area contributed by atoms with Gasteiger partial charge in [-0.3, -0.25) is 4.79 Å². The van der Waals surface area contributed by atoms with Crippen molar-refractivity contribution in [2.45, 2.75) is 6.92 Å². The van der Waals surface area contributed by atoms with Crippen LogP contribution in [0, 0.1) is 0 Å². The van der Waals surface area contributed by atoms with Crippen LogP contribution in [0.3, 0.4) is 0 Å². The molecule has 0 aromatic heterocycles. The summed E-state index contributed by atoms with van der Waals surface area (Å²) in [7, 11) is 0. The maximum atomic E-state index is 10.8. The highest BCUT2D eigenvalue weighted by atomic mass is 16.5. The minimum Gasteiger partial charge on any atom is -0.508 e. The second-order valence-electron chi connectivity index (χ2n) is 3.82. The van der Waals surface area contributed by atoms with Gasteiger partial charge in [-0.25, -0.2) is 0 Å². The third-order valence-corrected chi connectivity index (χ3v) is 2.41. The number of hydrogen-bond acceptors (Lipinski definition) is 4. The Labute approximate surface area is 104 Å². The number of aromatic hydroxyl groups is 2. The molecule has 0 aliphatic rings. The van der Waals surface area contributed by atoms with Gasteiger partial charge >= 0.3 is 5.97 Å². The summed E-state index contributed by atoms with van der Waals surface area (Å²) in [5.74, 6) is -0.275. The van der Waals surface area contributed by atoms with E-state index in [0.717, 1.165) is 11.1 Å². The molecule has 4 heteroatoms. The van der Waals surface area contributed by atoms with Crippen LogP contribution < -0.4 is 4.74 Å². The van der Waals surface area contributed by atoms with Gasteiger partial charge in [-0.05, 0) is 35.4 Å². The molecule has 0 aliphatic heterocycles. The fraction of sp³-hybridized carbons (Fsp3) is 0.0714. The average molecular weight is 244 g/mol. The molecule has 2 aromatic carbocycles. The summed E-state index contributed by atoms with van der Waals surface area (Å²) < 4.78 is 4.83. The highest BCUT2D eigenvalue weighted by molar-refractivity contribution is 5.72. The molecule has 0 saturated heterocycles. The zero-order chi connectivity index (χ0) is 13.1. The number of rotatable bonds is 2. The lowest BCUT2D eigenvalue weighted by Crippen LogP contribution is -2.01. The average Bonchev–Trinajstić information content (AvgIpc) is 2.32. The first-order chi connectivity index (χ1) is 8.56. The molecular weight excluding hydrogens is 232 g/mol. The Hall–Kier alpha value is -2.49. The van der Waals surface area contributed by atoms with Gasteiger partial charge in [0.2, 0.25) is 0 Å². The monoisotopic (exact) mass is 244 g/mol. The molecule has 2 rings (SSSR count). The normalized spacial score (nSPS) is 10.1. The summed E-state index contributed by atoms with van der Waals surface area (Å²) in [6.07, 6.45) is 0. The lowest BCUT2D eigenvalue weighted by Gasteiger charge is -2.07. The summed E-state index contributed by atoms with van der Waals surface area (Å²) in [6, 6.07) is 11.3. The fourth-order valence-electron chi connectivity index (χ4n) is 1.59. The van der Waals surface area contributed by atoms with E-state index in [1.165, 1.54) is 19.1 Å². The van der Waals surface area contributed by atoms with Crippen LogP contribution in [0.5, 0.6) is 17.2 Å². The van der Waals surface area contributed by atoms with Gasteiger partial charge in [-0.1, -0.05) is 18.2 Å². The first-order valence-corrected chi connectivity index (χ1v) is 5.37. The first kappa shape index (κ1) is 12.0. The van der Waals surface area contributed by atoms with Crippen molar-refractivity contribution in [3.8, 4) is 28.4 Å². The third-order valence-electron chi connectivity index (χ3n) is 2.41. The number of phenols is 2. The van der Waals surface area contributed by atoms with Gasteiger partial charge in [-0.15, -0.1) is 0 Å². The van der Waals surface area contributed by atoms with Crippen LogP contribution >= 0.6 is 0 Å². The van der Waals surface area contributed by atoms with Crippen molar-refractivity contribution in [1.82, 2.24) is 0 Å². The van der Waals surface area contributed by atoms with E-state index >= 15 is 0 Å². The summed E-state index contributed by atoms with van der Waals surface area (Å²) in [5.41, 5.74) is 1.61. The van der Waals surface area contributed by atoms with E-state index < -0.39 is 5.97 Å². The van der Waals surface area contributed by atoms with Crippen molar-refractivity contribution in [2.75, 3.05) is 0 Å². The standard InChI is InChI=1S/C14H12O4/c1-9(15)18-14-7-4-11(8-13(14)17)10-2-5-12(16)6-3-10/h2-8,16-17H,1H3. The molecule has 0 aliphatic carbocycles. The molecule has 2 aromatic rings. The molecule has 0 saturated carbocycles. The molecule has 0 bridgehead atoms. The van der Waals surface area contributed by atoms with Gasteiger partial charge < -0.3 is 14.9 Å². The van der Waals surface area contributed by atoms with Gasteiger partial charge in [-0.2, -0.15) is 0 Å². The zero-order valence-electron chi connectivity index (χ0n) is 9.75. The lowest BCUT2D eigenvalue weighted by molar-refractivity contribution is -0.132. The first-order valence-electron chi connectivity index (χ1n) is 5.37. The van der Waals surface area contributed by atoms with Gasteiger partial charge in [0.1, 0.15) is 5.75 Å². The summed E-state index contributed by atoms with van der Waals surface area (Å²) in [5, 5.41) is 18.9. The van der Waals surface area contributed by atoms with Crippen molar-refractivity contribution >= 4 is 5.97 Å². The Morgan fingerprint density at radius 2 is 1.61 bits per heavy atom. The maximum absolute atomic E-state index is 10.8. The van der Waals surface area contributed by atoms with Crippen LogP contribution in [0.2, 0.25) is 0 Å². The molecule has 0 heterocycles. The van der Waals surface area contributed by atoms with Crippen molar-refractivity contribution in [2.24, 2.45) is 0 Å². The predicted molar refractivity (Wildman–Crippen MR) is 66.5 cm³/mol. The lowest BCUT2D eigenvalue weighted by atomic mass is 10.1. The van der Waals surface area contributed by atoms with Crippen molar-refractivity contribution in [3.63, 3.8) is 0 Å². The van der Waals surface area contributed by atoms with E-state index in [9.17, 15) is 15.0 Å². The van der Waals surface area contributed by atoms with Crippen LogP contribution in [0.1, 0.15) is 6.92 Å². The van der Waals surface area contributed by atoms with Gasteiger partial charge in [0.25, 0.3) is 0 Å². The highest BCUT2D eigenvalue weighted by Crippen LogP contribution is 2.32. The zero-order valence-corrected chi connectivity index (χ0v) is 9.75. The number of carbonyl (C=O) groups excluding carboxylic acids is 1. The van der Waals surface area contributed by atoms with Crippen LogP contribution in [0.25, 0.3) is 11.1 Å². The maximum Gasteiger partial charge on any atom is 0.308 e. The molecule has 92 valence electrons. The summed E-state index contributed by atoms with van der Waals surface area (Å²) in [4.78, 5) is 10.8. The molecule has 18 heavy (non-hydrogen) atoms. The van der Waals surface area contributed by atoms with E-state index in [1.54, 1.807) is 30.3 Å². The molecule has 0 amide bonds. The Morgan fingerprint density at radius 1 is 1.00 bits per heavy atom. The molecule has 0 spiro atoms. The SMILES string of the molecule is CC(=O)Oc1ccc(-c2ccc(O)cc2)cc1O. The van der Waals surface area contributed by atoms with Crippen molar-refractivity contribution < 1.29 is 19.7 Å². The Kier molecular flexibility index (Phi) is 3.19. The number of esters is 1. The minimum absolute atomic E-state index is 0.101. The van der Waals surface area contributed by atoms with E-state index in [4.69, 9.17) is 4.74 Å². The number of hydrogen-bond donors (Lipinski definition) is 2. The highest BCUT2D eigenvalue weighted by Gasteiger charge is 2.07. The molecule has 0 radical (unpaired) electrons. The topological polar surface area (TPSA) is 66.8 Å². The van der Waals surface area contributed by atoms with Crippen LogP contribution in [-0.2, 0) is 4.79 Å². The van der Waals surface area contributed by atoms with Crippen LogP contribution in [0.15, 0.2) is 42.5 Å². The molecule has 0 unspecified atom stereocenters. The number of phenolic OH excluding ortho intramolecular Hbond substituents is 2. The summed E-state index contributed by atoms with van der Waals surface area (Å²) in [6.45, 7) is 1.27. The Morgan fingerprint density at radius 3 is 2.17 bits per heavy atom. The number of carbonyl (C=O) groups is 1. The smallest absolute Gasteiger partial charge is 0.308 e. The van der Waals surface area contributed by atoms with Gasteiger partial charge in [0, 0.05) is 6.92 Å². The fourth-order valence-corrected chi connectivity index (χ4v) is 1.59. The Bertz CT molecular complexity index is 573. The molecule has 2 N–H and O–H groups in total. The van der Waals surface area contributed by atoms with E-state index in [2.05, 4.69) is 0 Å². The number of ether oxygens (including phenoxy) is 1. The minimum atomic E-state index is -0.484. The predicted octanol–water partition coefficient (Wildman–Crippen LogP) is 2.69. The van der Waals surface area contributed by atoms with Crippen molar-refractivity contribution in [1.29, 1.82) is 0 Å². The van der Waals surface area contributed by atoms with E-state index in [0.29, 0.717) is 0 Å². The quantitative estimate of drug-likeness (QED) is 0.629. The van der Waals surface area contributed by atoms with Crippen LogP contribution in [0.4, 0.5) is 0 Å². The van der Waals surface area contributed by atoms with Gasteiger partial charge in [0.05, 0.1) is 0 Å². The Balaban J connectivity index is 2.33. The molecule has 4 nitrogen and oxygen atoms in total. The number of benzene rings is 2. The molecule has 0 atom stereocenters. The second kappa shape index (κ2) is 4.79. The van der Waals surface area contributed by atoms with Gasteiger partial charge in [0.15, 0.2) is 11.5 Å². The molecular formula is C14H12O4.